The first-order valence-electron chi connectivity index (χ1n) is 11.9. The molecule has 1 N–H and O–H groups in total. The van der Waals surface area contributed by atoms with Crippen LogP contribution < -0.4 is 5.32 Å². The molecule has 0 aromatic carbocycles. The molecule has 2 fully saturated rings. The first-order chi connectivity index (χ1) is 15.9. The van der Waals surface area contributed by atoms with Crippen LogP contribution in [0.1, 0.15) is 74.1 Å². The van der Waals surface area contributed by atoms with Gasteiger partial charge in [0.05, 0.1) is 0 Å². The Bertz CT molecular complexity index is 1040. The Morgan fingerprint density at radius 1 is 1.12 bits per heavy atom. The van der Waals surface area contributed by atoms with Crippen molar-refractivity contribution in [3.05, 3.63) is 33.8 Å². The summed E-state index contributed by atoms with van der Waals surface area (Å²) in [6.45, 7) is 2.29. The van der Waals surface area contributed by atoms with Crippen molar-refractivity contribution in [3.8, 4) is 0 Å². The van der Waals surface area contributed by atoms with Crippen LogP contribution in [-0.2, 0) is 14.8 Å². The van der Waals surface area contributed by atoms with Gasteiger partial charge in [0.1, 0.15) is 5.69 Å². The molecule has 3 heterocycles. The third-order valence-corrected chi connectivity index (χ3v) is 9.54. The number of nitrogens with zero attached hydrogens (tertiary/aromatic N) is 2. The molecule has 2 aromatic rings. The quantitative estimate of drug-likeness (QED) is 0.624. The van der Waals surface area contributed by atoms with Crippen LogP contribution in [0.25, 0.3) is 12.2 Å². The van der Waals surface area contributed by atoms with Gasteiger partial charge in [0.25, 0.3) is 0 Å². The van der Waals surface area contributed by atoms with Crippen LogP contribution in [0.15, 0.2) is 26.9 Å². The molecule has 1 aliphatic carbocycles. The second kappa shape index (κ2) is 11.0. The van der Waals surface area contributed by atoms with Gasteiger partial charge in [-0.2, -0.15) is 4.31 Å². The molecule has 1 saturated carbocycles. The van der Waals surface area contributed by atoms with Crippen LogP contribution in [0.3, 0.4) is 0 Å². The van der Waals surface area contributed by atoms with Crippen molar-refractivity contribution in [2.75, 3.05) is 13.1 Å². The Hall–Kier alpha value is -1.97. The van der Waals surface area contributed by atoms with Crippen molar-refractivity contribution in [1.29, 1.82) is 0 Å². The van der Waals surface area contributed by atoms with Gasteiger partial charge in [-0.1, -0.05) is 43.3 Å². The summed E-state index contributed by atoms with van der Waals surface area (Å²) in [5, 5.41) is 9.11. The topological polar surface area (TPSA) is 92.5 Å². The van der Waals surface area contributed by atoms with Crippen LogP contribution in [0.5, 0.6) is 0 Å². The summed E-state index contributed by atoms with van der Waals surface area (Å²) in [7, 11) is -3.76. The molecule has 0 spiro atoms. The lowest BCUT2D eigenvalue weighted by Crippen LogP contribution is -2.45. The number of aromatic nitrogens is 1. The smallest absolute Gasteiger partial charge is 0.248 e. The highest BCUT2D eigenvalue weighted by atomic mass is 32.2. The van der Waals surface area contributed by atoms with E-state index in [9.17, 15) is 13.2 Å². The molecule has 1 amide bonds. The van der Waals surface area contributed by atoms with E-state index >= 15 is 0 Å². The normalized spacial score (nSPS) is 20.0. The monoisotopic (exact) mass is 491 g/mol. The Labute approximate surface area is 200 Å². The van der Waals surface area contributed by atoms with Crippen molar-refractivity contribution >= 4 is 39.4 Å². The molecule has 0 atom stereocenters. The maximum absolute atomic E-state index is 13.4. The summed E-state index contributed by atoms with van der Waals surface area (Å²) < 4.78 is 33.6. The zero-order valence-corrected chi connectivity index (χ0v) is 20.8. The number of hydrogen-bond acceptors (Lipinski definition) is 6. The number of carbonyl (C=O) groups is 1. The van der Waals surface area contributed by atoms with Crippen molar-refractivity contribution in [1.82, 2.24) is 14.8 Å². The predicted molar refractivity (Wildman–Crippen MR) is 130 cm³/mol. The first kappa shape index (κ1) is 24.2. The lowest BCUT2D eigenvalue weighted by atomic mass is 9.94. The zero-order valence-electron chi connectivity index (χ0n) is 19.2. The number of sulfonamides is 1. The Morgan fingerprint density at radius 2 is 1.82 bits per heavy atom. The molecule has 9 heteroatoms. The van der Waals surface area contributed by atoms with E-state index in [1.165, 1.54) is 36.4 Å². The molecule has 180 valence electrons. The molecule has 0 bridgehead atoms. The summed E-state index contributed by atoms with van der Waals surface area (Å²) in [6.07, 6.45) is 12.8. The summed E-state index contributed by atoms with van der Waals surface area (Å²) in [5.41, 5.74) is 0.352. The Balaban J connectivity index is 1.38. The van der Waals surface area contributed by atoms with Gasteiger partial charge >= 0.3 is 0 Å². The van der Waals surface area contributed by atoms with Gasteiger partial charge in [-0.05, 0) is 56.2 Å². The van der Waals surface area contributed by atoms with Crippen LogP contribution in [-0.4, -0.2) is 42.9 Å². The minimum absolute atomic E-state index is 0.0818. The summed E-state index contributed by atoms with van der Waals surface area (Å²) in [5.74, 6) is 0.187. The fourth-order valence-electron chi connectivity index (χ4n) is 4.75. The first-order valence-corrected chi connectivity index (χ1v) is 14.3. The van der Waals surface area contributed by atoms with E-state index in [0.717, 1.165) is 17.7 Å². The zero-order chi connectivity index (χ0) is 23.3. The number of amides is 1. The number of nitrogens with one attached hydrogen (secondary N) is 1. The van der Waals surface area contributed by atoms with Gasteiger partial charge in [-0.3, -0.25) is 4.79 Å². The van der Waals surface area contributed by atoms with E-state index in [1.807, 2.05) is 23.6 Å². The average molecular weight is 492 g/mol. The van der Waals surface area contributed by atoms with Crippen molar-refractivity contribution in [2.24, 2.45) is 5.92 Å². The minimum atomic E-state index is -3.76. The van der Waals surface area contributed by atoms with Gasteiger partial charge in [0.15, 0.2) is 10.7 Å². The maximum atomic E-state index is 13.4. The number of piperidine rings is 1. The molecule has 2 aromatic heterocycles. The second-order valence-corrected chi connectivity index (χ2v) is 11.9. The number of carbonyl (C=O) groups excluding carboxylic acids is 1. The maximum Gasteiger partial charge on any atom is 0.248 e. The van der Waals surface area contributed by atoms with Gasteiger partial charge in [-0.25, -0.2) is 8.42 Å². The van der Waals surface area contributed by atoms with Crippen LogP contribution in [0, 0.1) is 12.8 Å². The van der Waals surface area contributed by atoms with E-state index in [-0.39, 0.29) is 28.5 Å². The lowest BCUT2D eigenvalue weighted by molar-refractivity contribution is -0.127. The number of aryl methyl sites for hydroxylation is 1. The number of rotatable bonds is 6. The van der Waals surface area contributed by atoms with Crippen LogP contribution in [0.2, 0.25) is 0 Å². The fraction of sp³-hybridized carbons (Fsp3) is 0.583. The fourth-order valence-corrected chi connectivity index (χ4v) is 7.09. The van der Waals surface area contributed by atoms with Crippen molar-refractivity contribution in [2.45, 2.75) is 75.6 Å². The molecule has 0 unspecified atom stereocenters. The van der Waals surface area contributed by atoms with Gasteiger partial charge in [0.2, 0.25) is 15.9 Å². The molecule has 7 nitrogen and oxygen atoms in total. The molecular formula is C24H33N3O4S2. The summed E-state index contributed by atoms with van der Waals surface area (Å²) in [6, 6.07) is 4.15. The number of hydrogen-bond donors (Lipinski definition) is 1. The highest BCUT2D eigenvalue weighted by molar-refractivity contribution is 7.89. The molecule has 2 aliphatic rings. The third kappa shape index (κ3) is 5.94. The SMILES string of the molecule is Cc1noc(/C=C/c2cccs2)c1S(=O)(=O)N1CCC(C(=O)NC2CCCCCCC2)CC1. The molecular weight excluding hydrogens is 458 g/mol. The average Bonchev–Trinajstić information content (AvgIpc) is 3.43. The van der Waals surface area contributed by atoms with E-state index in [1.54, 1.807) is 24.3 Å². The lowest BCUT2D eigenvalue weighted by Gasteiger charge is -2.31. The van der Waals surface area contributed by atoms with Gasteiger partial charge in [0, 0.05) is 29.9 Å². The molecule has 4 rings (SSSR count). The van der Waals surface area contributed by atoms with E-state index in [0.29, 0.717) is 31.6 Å². The van der Waals surface area contributed by atoms with Crippen molar-refractivity contribution < 1.29 is 17.7 Å². The van der Waals surface area contributed by atoms with Crippen LogP contribution >= 0.6 is 11.3 Å². The van der Waals surface area contributed by atoms with E-state index in [2.05, 4.69) is 10.5 Å². The van der Waals surface area contributed by atoms with E-state index in [4.69, 9.17) is 4.52 Å². The molecule has 1 saturated heterocycles. The number of thiophene rings is 1. The molecule has 0 radical (unpaired) electrons. The summed E-state index contributed by atoms with van der Waals surface area (Å²) in [4.78, 5) is 14.0. The van der Waals surface area contributed by atoms with E-state index < -0.39 is 10.0 Å². The highest BCUT2D eigenvalue weighted by Crippen LogP contribution is 2.30. The Kier molecular flexibility index (Phi) is 8.03. The Morgan fingerprint density at radius 3 is 2.48 bits per heavy atom. The molecule has 1 aliphatic heterocycles. The standard InChI is InChI=1S/C24H33N3O4S2/c1-18-23(22(31-26-18)12-11-21-10-7-17-32-21)33(29,30)27-15-13-19(14-16-27)24(28)25-20-8-5-3-2-4-6-9-20/h7,10-12,17,19-20H,2-6,8-9,13-16H2,1H3,(H,25,28)/b12-11+. The van der Waals surface area contributed by atoms with Gasteiger partial charge < -0.3 is 9.84 Å². The highest BCUT2D eigenvalue weighted by Gasteiger charge is 2.36. The van der Waals surface area contributed by atoms with Crippen LogP contribution in [0.4, 0.5) is 0 Å². The third-order valence-electron chi connectivity index (χ3n) is 6.65. The second-order valence-electron chi connectivity index (χ2n) is 9.04. The largest absolute Gasteiger partial charge is 0.355 e. The van der Waals surface area contributed by atoms with Crippen molar-refractivity contribution in [3.63, 3.8) is 0 Å². The summed E-state index contributed by atoms with van der Waals surface area (Å²) >= 11 is 1.56. The van der Waals surface area contributed by atoms with Gasteiger partial charge in [-0.15, -0.1) is 11.3 Å². The molecule has 33 heavy (non-hydrogen) atoms. The predicted octanol–water partition coefficient (Wildman–Crippen LogP) is 4.84. The minimum Gasteiger partial charge on any atom is -0.355 e.